The molecular formula is C10H5ClF3NO. The number of fused-ring (bicyclic) bond motifs is 1. The van der Waals surface area contributed by atoms with Crippen LogP contribution >= 0.6 is 11.6 Å². The minimum absolute atomic E-state index is 0.0271. The van der Waals surface area contributed by atoms with Gasteiger partial charge in [-0.15, -0.1) is 0 Å². The molecule has 0 atom stereocenters. The molecule has 0 radical (unpaired) electrons. The summed E-state index contributed by atoms with van der Waals surface area (Å²) in [6.45, 7) is 0. The van der Waals surface area contributed by atoms with Gasteiger partial charge in [-0.3, -0.25) is 0 Å². The van der Waals surface area contributed by atoms with E-state index in [1.54, 1.807) is 0 Å². The second-order valence-corrected chi connectivity index (χ2v) is 3.55. The van der Waals surface area contributed by atoms with Crippen LogP contribution < -0.4 is 0 Å². The van der Waals surface area contributed by atoms with Crippen LogP contribution in [-0.4, -0.2) is 10.1 Å². The molecular weight excluding hydrogens is 243 g/mol. The summed E-state index contributed by atoms with van der Waals surface area (Å²) in [4.78, 5) is 3.59. The molecule has 1 N–H and O–H groups in total. The maximum atomic E-state index is 12.6. The SMILES string of the molecule is Oc1cc(Cl)nc2c(C(F)(F)F)cccc12. The van der Waals surface area contributed by atoms with Crippen molar-refractivity contribution in [3.05, 3.63) is 35.0 Å². The minimum Gasteiger partial charge on any atom is -0.507 e. The molecule has 0 bridgehead atoms. The molecule has 0 saturated heterocycles. The molecule has 84 valence electrons. The number of benzene rings is 1. The van der Waals surface area contributed by atoms with Crippen LogP contribution in [0.4, 0.5) is 13.2 Å². The number of para-hydroxylation sites is 1. The van der Waals surface area contributed by atoms with Crippen molar-refractivity contribution in [1.82, 2.24) is 4.98 Å². The van der Waals surface area contributed by atoms with Gasteiger partial charge in [0.05, 0.1) is 11.1 Å². The van der Waals surface area contributed by atoms with Crippen molar-refractivity contribution < 1.29 is 18.3 Å². The average Bonchev–Trinajstić information content (AvgIpc) is 2.15. The van der Waals surface area contributed by atoms with Gasteiger partial charge in [0.25, 0.3) is 0 Å². The van der Waals surface area contributed by atoms with E-state index < -0.39 is 11.7 Å². The molecule has 0 spiro atoms. The van der Waals surface area contributed by atoms with E-state index in [0.717, 1.165) is 12.1 Å². The summed E-state index contributed by atoms with van der Waals surface area (Å²) in [5, 5.41) is 9.30. The zero-order valence-corrected chi connectivity index (χ0v) is 8.47. The van der Waals surface area contributed by atoms with Crippen LogP contribution in [0.5, 0.6) is 5.75 Å². The third kappa shape index (κ3) is 1.78. The highest BCUT2D eigenvalue weighted by Crippen LogP contribution is 2.36. The highest BCUT2D eigenvalue weighted by atomic mass is 35.5. The topological polar surface area (TPSA) is 33.1 Å². The van der Waals surface area contributed by atoms with E-state index in [4.69, 9.17) is 11.6 Å². The lowest BCUT2D eigenvalue weighted by molar-refractivity contribution is -0.136. The molecule has 16 heavy (non-hydrogen) atoms. The van der Waals surface area contributed by atoms with Gasteiger partial charge in [-0.05, 0) is 12.1 Å². The van der Waals surface area contributed by atoms with Gasteiger partial charge in [0.2, 0.25) is 0 Å². The third-order valence-corrected chi connectivity index (χ3v) is 2.29. The van der Waals surface area contributed by atoms with Crippen LogP contribution in [0.25, 0.3) is 10.9 Å². The van der Waals surface area contributed by atoms with Crippen LogP contribution in [0.15, 0.2) is 24.3 Å². The van der Waals surface area contributed by atoms with Crippen molar-refractivity contribution in [3.63, 3.8) is 0 Å². The normalized spacial score (nSPS) is 12.0. The Balaban J connectivity index is 2.87. The highest BCUT2D eigenvalue weighted by molar-refractivity contribution is 6.30. The van der Waals surface area contributed by atoms with Crippen LogP contribution in [-0.2, 0) is 6.18 Å². The number of hydrogen-bond acceptors (Lipinski definition) is 2. The van der Waals surface area contributed by atoms with Gasteiger partial charge in [0.1, 0.15) is 10.9 Å². The fourth-order valence-corrected chi connectivity index (χ4v) is 1.62. The van der Waals surface area contributed by atoms with Gasteiger partial charge in [0, 0.05) is 11.5 Å². The van der Waals surface area contributed by atoms with Crippen LogP contribution in [0.1, 0.15) is 5.56 Å². The molecule has 6 heteroatoms. The van der Waals surface area contributed by atoms with E-state index in [1.807, 2.05) is 0 Å². The van der Waals surface area contributed by atoms with Crippen LogP contribution in [0.2, 0.25) is 5.15 Å². The second-order valence-electron chi connectivity index (χ2n) is 3.16. The van der Waals surface area contributed by atoms with Crippen molar-refractivity contribution in [2.24, 2.45) is 0 Å². The number of halogens is 4. The Bertz CT molecular complexity index is 553. The molecule has 0 aliphatic rings. The molecule has 1 aromatic heterocycles. The predicted molar refractivity (Wildman–Crippen MR) is 53.4 cm³/mol. The Morgan fingerprint density at radius 2 is 1.94 bits per heavy atom. The number of rotatable bonds is 0. The zero-order chi connectivity index (χ0) is 11.9. The molecule has 1 aromatic carbocycles. The van der Waals surface area contributed by atoms with E-state index in [-0.39, 0.29) is 21.8 Å². The Labute approximate surface area is 93.3 Å². The molecule has 2 nitrogen and oxygen atoms in total. The Morgan fingerprint density at radius 3 is 2.56 bits per heavy atom. The molecule has 0 unspecified atom stereocenters. The quantitative estimate of drug-likeness (QED) is 0.722. The Hall–Kier alpha value is -1.49. The standard InChI is InChI=1S/C10H5ClF3NO/c11-8-4-7(16)5-2-1-3-6(9(5)15-8)10(12,13)14/h1-4H,(H,15,16). The average molecular weight is 248 g/mol. The number of nitrogens with zero attached hydrogens (tertiary/aromatic N) is 1. The summed E-state index contributed by atoms with van der Waals surface area (Å²) >= 11 is 5.51. The molecule has 0 fully saturated rings. The number of pyridine rings is 1. The van der Waals surface area contributed by atoms with Crippen molar-refractivity contribution in [3.8, 4) is 5.75 Å². The molecule has 2 aromatic rings. The van der Waals surface area contributed by atoms with Crippen molar-refractivity contribution in [2.75, 3.05) is 0 Å². The molecule has 0 aliphatic carbocycles. The lowest BCUT2D eigenvalue weighted by atomic mass is 10.1. The summed E-state index contributed by atoms with van der Waals surface area (Å²) in [5.41, 5.74) is -1.26. The summed E-state index contributed by atoms with van der Waals surface area (Å²) in [6, 6.07) is 4.55. The monoisotopic (exact) mass is 247 g/mol. The van der Waals surface area contributed by atoms with Gasteiger partial charge in [-0.25, -0.2) is 4.98 Å². The van der Waals surface area contributed by atoms with Crippen LogP contribution in [0.3, 0.4) is 0 Å². The summed E-state index contributed by atoms with van der Waals surface area (Å²) < 4.78 is 37.8. The smallest absolute Gasteiger partial charge is 0.418 e. The lowest BCUT2D eigenvalue weighted by Crippen LogP contribution is -2.06. The molecule has 0 amide bonds. The van der Waals surface area contributed by atoms with Gasteiger partial charge < -0.3 is 5.11 Å². The molecule has 1 heterocycles. The van der Waals surface area contributed by atoms with E-state index in [1.165, 1.54) is 12.1 Å². The lowest BCUT2D eigenvalue weighted by Gasteiger charge is -2.10. The first-order valence-electron chi connectivity index (χ1n) is 4.25. The van der Waals surface area contributed by atoms with E-state index >= 15 is 0 Å². The van der Waals surface area contributed by atoms with Gasteiger partial charge in [-0.2, -0.15) is 13.2 Å². The highest BCUT2D eigenvalue weighted by Gasteiger charge is 2.33. The largest absolute Gasteiger partial charge is 0.507 e. The first kappa shape index (κ1) is 11.0. The van der Waals surface area contributed by atoms with Gasteiger partial charge in [0.15, 0.2) is 0 Å². The number of aromatic hydroxyl groups is 1. The van der Waals surface area contributed by atoms with E-state index in [9.17, 15) is 18.3 Å². The maximum Gasteiger partial charge on any atom is 0.418 e. The van der Waals surface area contributed by atoms with Crippen molar-refractivity contribution in [1.29, 1.82) is 0 Å². The summed E-state index contributed by atoms with van der Waals surface area (Å²) in [6.07, 6.45) is -4.52. The van der Waals surface area contributed by atoms with E-state index in [0.29, 0.717) is 0 Å². The van der Waals surface area contributed by atoms with Crippen LogP contribution in [0, 0.1) is 0 Å². The molecule has 0 aliphatic heterocycles. The van der Waals surface area contributed by atoms with Gasteiger partial charge >= 0.3 is 6.18 Å². The fourth-order valence-electron chi connectivity index (χ4n) is 1.43. The summed E-state index contributed by atoms with van der Waals surface area (Å²) in [5.74, 6) is -0.318. The third-order valence-electron chi connectivity index (χ3n) is 2.09. The predicted octanol–water partition coefficient (Wildman–Crippen LogP) is 3.61. The molecule has 0 saturated carbocycles. The van der Waals surface area contributed by atoms with Crippen molar-refractivity contribution >= 4 is 22.5 Å². The minimum atomic E-state index is -4.52. The molecule has 2 rings (SSSR count). The maximum absolute atomic E-state index is 12.6. The first-order valence-corrected chi connectivity index (χ1v) is 4.63. The second kappa shape index (κ2) is 3.52. The first-order chi connectivity index (χ1) is 7.39. The summed E-state index contributed by atoms with van der Waals surface area (Å²) in [7, 11) is 0. The Kier molecular flexibility index (Phi) is 2.42. The Morgan fingerprint density at radius 1 is 1.25 bits per heavy atom. The number of alkyl halides is 3. The number of aromatic nitrogens is 1. The number of hydrogen-bond donors (Lipinski definition) is 1. The van der Waals surface area contributed by atoms with E-state index in [2.05, 4.69) is 4.98 Å². The van der Waals surface area contributed by atoms with Gasteiger partial charge in [-0.1, -0.05) is 17.7 Å². The zero-order valence-electron chi connectivity index (χ0n) is 7.72. The fraction of sp³-hybridized carbons (Fsp3) is 0.100. The van der Waals surface area contributed by atoms with Crippen molar-refractivity contribution in [2.45, 2.75) is 6.18 Å².